The summed E-state index contributed by atoms with van der Waals surface area (Å²) in [6.45, 7) is 0.231. The zero-order chi connectivity index (χ0) is 26.9. The van der Waals surface area contributed by atoms with Gasteiger partial charge in [0.2, 0.25) is 0 Å². The Morgan fingerprint density at radius 1 is 1.00 bits per heavy atom. The van der Waals surface area contributed by atoms with Crippen molar-refractivity contribution in [2.24, 2.45) is 11.8 Å². The van der Waals surface area contributed by atoms with Crippen LogP contribution in [-0.4, -0.2) is 48.9 Å². The molecule has 0 amide bonds. The number of benzene rings is 2. The lowest BCUT2D eigenvalue weighted by molar-refractivity contribution is -0.185. The maximum absolute atomic E-state index is 14.2. The molecule has 2 bridgehead atoms. The van der Waals surface area contributed by atoms with Gasteiger partial charge < -0.3 is 9.47 Å². The summed E-state index contributed by atoms with van der Waals surface area (Å²) in [7, 11) is 1.47. The van der Waals surface area contributed by atoms with E-state index in [4.69, 9.17) is 9.47 Å². The topological polar surface area (TPSA) is 38.8 Å². The van der Waals surface area contributed by atoms with Gasteiger partial charge in [0.15, 0.2) is 0 Å². The van der Waals surface area contributed by atoms with Crippen LogP contribution in [0.15, 0.2) is 30.3 Å². The van der Waals surface area contributed by atoms with Gasteiger partial charge in [-0.05, 0) is 80.2 Å². The van der Waals surface area contributed by atoms with Gasteiger partial charge in [-0.3, -0.25) is 9.69 Å². The molecule has 0 N–H and O–H groups in total. The molecule has 0 spiro atoms. The van der Waals surface area contributed by atoms with Gasteiger partial charge in [0, 0.05) is 24.2 Å². The lowest BCUT2D eigenvalue weighted by atomic mass is 9.78. The third-order valence-corrected chi connectivity index (χ3v) is 9.04. The molecule has 2 atom stereocenters. The molecule has 0 aromatic heterocycles. The summed E-state index contributed by atoms with van der Waals surface area (Å²) in [5.41, 5.74) is 1.64. The Hall–Kier alpha value is -2.35. The summed E-state index contributed by atoms with van der Waals surface area (Å²) >= 11 is 0. The Balaban J connectivity index is 1.24. The molecule has 5 rings (SSSR count). The molecule has 2 aromatic carbocycles. The lowest BCUT2D eigenvalue weighted by Gasteiger charge is -2.48. The van der Waals surface area contributed by atoms with Gasteiger partial charge in [0.05, 0.1) is 25.0 Å². The molecule has 0 radical (unpaired) electrons. The van der Waals surface area contributed by atoms with Gasteiger partial charge in [-0.25, -0.2) is 4.39 Å². The fourth-order valence-electron chi connectivity index (χ4n) is 6.98. The van der Waals surface area contributed by atoms with Crippen molar-refractivity contribution in [3.63, 3.8) is 0 Å². The van der Waals surface area contributed by atoms with Gasteiger partial charge in [-0.1, -0.05) is 30.7 Å². The molecule has 2 aromatic rings. The van der Waals surface area contributed by atoms with Gasteiger partial charge in [0.1, 0.15) is 12.4 Å². The first-order chi connectivity index (χ1) is 18.3. The molecule has 1 aliphatic carbocycles. The summed E-state index contributed by atoms with van der Waals surface area (Å²) in [5.74, 6) is -0.916. The largest absolute Gasteiger partial charge is 0.490 e. The van der Waals surface area contributed by atoms with Crippen LogP contribution >= 0.6 is 0 Å². The van der Waals surface area contributed by atoms with E-state index in [1.54, 1.807) is 6.07 Å². The normalized spacial score (nSPS) is 28.3. The number of ether oxygens (including phenoxy) is 2. The molecular formula is C30H37F4NO3. The Morgan fingerprint density at radius 2 is 1.71 bits per heavy atom. The molecule has 2 heterocycles. The fourth-order valence-corrected chi connectivity index (χ4v) is 6.98. The van der Waals surface area contributed by atoms with Crippen LogP contribution in [0.5, 0.6) is 5.75 Å². The number of halogens is 4. The standard InChI is InChI=1S/C30H37F4NO3/c1-37-29(36)21-16-23-3-2-4-24(17-21)35(23)14-13-19-5-11-26-20(15-19)6-12-28(27(26)18-31)38-25-9-7-22(8-10-25)30(32,33)34/h5-6,11-12,15,21-25H,2-4,7-10,13-14,16-18H2,1H3. The van der Waals surface area contributed by atoms with Gasteiger partial charge >= 0.3 is 12.1 Å². The van der Waals surface area contributed by atoms with E-state index in [1.807, 2.05) is 18.2 Å². The first-order valence-electron chi connectivity index (χ1n) is 13.9. The molecular weight excluding hydrogens is 498 g/mol. The zero-order valence-corrected chi connectivity index (χ0v) is 21.9. The van der Waals surface area contributed by atoms with Crippen LogP contribution in [0.1, 0.15) is 68.9 Å². The highest BCUT2D eigenvalue weighted by molar-refractivity contribution is 5.88. The molecule has 3 aliphatic rings. The molecule has 8 heteroatoms. The number of rotatable bonds is 7. The number of alkyl halides is 4. The second kappa shape index (κ2) is 11.4. The average molecular weight is 536 g/mol. The molecule has 2 unspecified atom stereocenters. The van der Waals surface area contributed by atoms with E-state index >= 15 is 0 Å². The SMILES string of the molecule is COC(=O)C1CC2CCCC(C1)N2CCc1ccc2c(CF)c(OC3CCC(C(F)(F)F)CC3)ccc2c1. The van der Waals surface area contributed by atoms with Gasteiger partial charge in [-0.2, -0.15) is 13.2 Å². The summed E-state index contributed by atoms with van der Waals surface area (Å²) in [5, 5.41) is 1.72. The third kappa shape index (κ3) is 5.80. The van der Waals surface area contributed by atoms with Crippen LogP contribution in [0, 0.1) is 11.8 Å². The molecule has 4 nitrogen and oxygen atoms in total. The maximum atomic E-state index is 14.2. The Morgan fingerprint density at radius 3 is 2.34 bits per heavy atom. The van der Waals surface area contributed by atoms with Crippen LogP contribution in [-0.2, 0) is 22.6 Å². The van der Waals surface area contributed by atoms with Crippen molar-refractivity contribution in [1.82, 2.24) is 4.90 Å². The number of nitrogens with zero attached hydrogens (tertiary/aromatic N) is 1. The highest BCUT2D eigenvalue weighted by atomic mass is 19.4. The quantitative estimate of drug-likeness (QED) is 0.279. The van der Waals surface area contributed by atoms with E-state index in [1.165, 1.54) is 19.1 Å². The van der Waals surface area contributed by atoms with Crippen molar-refractivity contribution in [3.05, 3.63) is 41.5 Å². The predicted molar refractivity (Wildman–Crippen MR) is 138 cm³/mol. The number of methoxy groups -OCH3 is 1. The van der Waals surface area contributed by atoms with Crippen molar-refractivity contribution in [1.29, 1.82) is 0 Å². The summed E-state index contributed by atoms with van der Waals surface area (Å²) in [4.78, 5) is 14.7. The summed E-state index contributed by atoms with van der Waals surface area (Å²) in [6, 6.07) is 10.6. The number of piperidine rings is 2. The highest BCUT2D eigenvalue weighted by Gasteiger charge is 2.42. The predicted octanol–water partition coefficient (Wildman–Crippen LogP) is 7.16. The molecule has 38 heavy (non-hydrogen) atoms. The molecule has 2 saturated heterocycles. The number of carbonyl (C=O) groups is 1. The molecule has 1 saturated carbocycles. The summed E-state index contributed by atoms with van der Waals surface area (Å²) in [6.07, 6.45) is 2.31. The average Bonchev–Trinajstić information content (AvgIpc) is 2.90. The Kier molecular flexibility index (Phi) is 8.17. The second-order valence-electron chi connectivity index (χ2n) is 11.3. The lowest BCUT2D eigenvalue weighted by Crippen LogP contribution is -2.53. The van der Waals surface area contributed by atoms with E-state index in [0.29, 0.717) is 36.2 Å². The Labute approximate surface area is 221 Å². The van der Waals surface area contributed by atoms with E-state index in [0.717, 1.165) is 49.4 Å². The van der Waals surface area contributed by atoms with Crippen LogP contribution in [0.3, 0.4) is 0 Å². The number of esters is 1. The fraction of sp³-hybridized carbons (Fsp3) is 0.633. The van der Waals surface area contributed by atoms with E-state index in [9.17, 15) is 22.4 Å². The monoisotopic (exact) mass is 535 g/mol. The second-order valence-corrected chi connectivity index (χ2v) is 11.3. The van der Waals surface area contributed by atoms with Crippen molar-refractivity contribution in [2.45, 2.75) is 95.2 Å². The van der Waals surface area contributed by atoms with Crippen molar-refractivity contribution in [2.75, 3.05) is 13.7 Å². The third-order valence-electron chi connectivity index (χ3n) is 9.04. The van der Waals surface area contributed by atoms with Gasteiger partial charge in [0.25, 0.3) is 0 Å². The molecule has 3 fully saturated rings. The molecule has 2 aliphatic heterocycles. The minimum absolute atomic E-state index is 0.00225. The van der Waals surface area contributed by atoms with Crippen molar-refractivity contribution >= 4 is 16.7 Å². The molecule has 208 valence electrons. The maximum Gasteiger partial charge on any atom is 0.391 e. The zero-order valence-electron chi connectivity index (χ0n) is 21.9. The smallest absolute Gasteiger partial charge is 0.391 e. The summed E-state index contributed by atoms with van der Waals surface area (Å²) < 4.78 is 64.2. The Bertz CT molecular complexity index is 1110. The first kappa shape index (κ1) is 27.2. The highest BCUT2D eigenvalue weighted by Crippen LogP contribution is 2.40. The number of hydrogen-bond donors (Lipinski definition) is 0. The van der Waals surface area contributed by atoms with E-state index < -0.39 is 18.8 Å². The number of fused-ring (bicyclic) bond motifs is 3. The van der Waals surface area contributed by atoms with Crippen LogP contribution < -0.4 is 4.74 Å². The number of hydrogen-bond acceptors (Lipinski definition) is 4. The van der Waals surface area contributed by atoms with Crippen molar-refractivity contribution in [3.8, 4) is 5.75 Å². The van der Waals surface area contributed by atoms with E-state index in [-0.39, 0.29) is 30.8 Å². The minimum atomic E-state index is -4.16. The van der Waals surface area contributed by atoms with Crippen molar-refractivity contribution < 1.29 is 31.8 Å². The first-order valence-corrected chi connectivity index (χ1v) is 13.9. The minimum Gasteiger partial charge on any atom is -0.490 e. The van der Waals surface area contributed by atoms with Crippen LogP contribution in [0.4, 0.5) is 17.6 Å². The van der Waals surface area contributed by atoms with Crippen LogP contribution in [0.2, 0.25) is 0 Å². The van der Waals surface area contributed by atoms with Crippen LogP contribution in [0.25, 0.3) is 10.8 Å². The van der Waals surface area contributed by atoms with Gasteiger partial charge in [-0.15, -0.1) is 0 Å². The number of carbonyl (C=O) groups excluding carboxylic acids is 1. The van der Waals surface area contributed by atoms with E-state index in [2.05, 4.69) is 11.0 Å².